The van der Waals surface area contributed by atoms with E-state index in [0.717, 1.165) is 29.7 Å². The van der Waals surface area contributed by atoms with Crippen molar-refractivity contribution >= 4 is 39.1 Å². The monoisotopic (exact) mass is 504 g/mol. The molecule has 1 aliphatic heterocycles. The lowest BCUT2D eigenvalue weighted by Gasteiger charge is -2.33. The summed E-state index contributed by atoms with van der Waals surface area (Å²) in [4.78, 5) is 16.3. The fourth-order valence-corrected chi connectivity index (χ4v) is 5.95. The van der Waals surface area contributed by atoms with Crippen LogP contribution in [0.2, 0.25) is 5.02 Å². The third-order valence-corrected chi connectivity index (χ3v) is 7.61. The quantitative estimate of drug-likeness (QED) is 0.292. The number of aromatic nitrogens is 3. The van der Waals surface area contributed by atoms with Crippen LogP contribution < -0.4 is 9.64 Å². The zero-order chi connectivity index (χ0) is 25.0. The highest BCUT2D eigenvalue weighted by atomic mass is 35.5. The third kappa shape index (κ3) is 4.26. The van der Waals surface area contributed by atoms with Gasteiger partial charge in [0.05, 0.1) is 12.0 Å². The van der Waals surface area contributed by atoms with E-state index < -0.39 is 5.82 Å². The maximum Gasteiger partial charge on any atom is 0.319 e. The Morgan fingerprint density at radius 3 is 2.50 bits per heavy atom. The van der Waals surface area contributed by atoms with Crippen LogP contribution >= 0.6 is 11.6 Å². The molecule has 4 aromatic rings. The number of nitrogens with zero attached hydrogens (tertiary/aromatic N) is 4. The van der Waals surface area contributed by atoms with Gasteiger partial charge in [-0.2, -0.15) is 9.97 Å². The van der Waals surface area contributed by atoms with Crippen LogP contribution in [0.4, 0.5) is 10.2 Å². The molecule has 1 saturated carbocycles. The van der Waals surface area contributed by atoms with Crippen LogP contribution in [0.5, 0.6) is 6.01 Å². The summed E-state index contributed by atoms with van der Waals surface area (Å²) in [6.45, 7) is 8.54. The maximum atomic E-state index is 16.3. The largest absolute Gasteiger partial charge is 0.463 e. The molecule has 6 rings (SSSR count). The predicted molar refractivity (Wildman–Crippen MR) is 143 cm³/mol. The summed E-state index contributed by atoms with van der Waals surface area (Å²) in [6, 6.07) is 11.6. The van der Waals surface area contributed by atoms with Gasteiger partial charge in [0.25, 0.3) is 0 Å². The first-order valence-electron chi connectivity index (χ1n) is 12.7. The highest BCUT2D eigenvalue weighted by Crippen LogP contribution is 2.41. The fourth-order valence-electron chi connectivity index (χ4n) is 5.67. The van der Waals surface area contributed by atoms with Gasteiger partial charge in [-0.05, 0) is 48.0 Å². The number of hydrogen-bond donors (Lipinski definition) is 0. The summed E-state index contributed by atoms with van der Waals surface area (Å²) in [7, 11) is 0. The minimum atomic E-state index is -0.482. The van der Waals surface area contributed by atoms with Crippen LogP contribution in [-0.4, -0.2) is 34.6 Å². The van der Waals surface area contributed by atoms with Crippen molar-refractivity contribution in [1.29, 1.82) is 0 Å². The molecule has 3 heterocycles. The van der Waals surface area contributed by atoms with Gasteiger partial charge >= 0.3 is 6.01 Å². The summed E-state index contributed by atoms with van der Waals surface area (Å²) in [5, 5.41) is 2.89. The van der Waals surface area contributed by atoms with Crippen molar-refractivity contribution in [2.24, 2.45) is 17.3 Å². The third-order valence-electron chi connectivity index (χ3n) is 7.29. The Morgan fingerprint density at radius 1 is 1.06 bits per heavy atom. The Morgan fingerprint density at radius 2 is 1.78 bits per heavy atom. The zero-order valence-corrected chi connectivity index (χ0v) is 21.6. The van der Waals surface area contributed by atoms with E-state index in [1.165, 1.54) is 19.3 Å². The average Bonchev–Trinajstić information content (AvgIpc) is 3.19. The fraction of sp³-hybridized carbons (Fsp3) is 0.414. The van der Waals surface area contributed by atoms with Crippen LogP contribution in [-0.2, 0) is 0 Å². The average molecular weight is 505 g/mol. The molecule has 186 valence electrons. The van der Waals surface area contributed by atoms with E-state index in [9.17, 15) is 0 Å². The van der Waals surface area contributed by atoms with E-state index in [2.05, 4.69) is 35.6 Å². The first-order valence-corrected chi connectivity index (χ1v) is 13.1. The van der Waals surface area contributed by atoms with Crippen molar-refractivity contribution < 1.29 is 9.13 Å². The van der Waals surface area contributed by atoms with Gasteiger partial charge in [-0.1, -0.05) is 62.7 Å². The zero-order valence-electron chi connectivity index (χ0n) is 20.9. The van der Waals surface area contributed by atoms with E-state index in [1.807, 2.05) is 36.4 Å². The van der Waals surface area contributed by atoms with Crippen LogP contribution in [0, 0.1) is 23.1 Å². The normalized spacial score (nSPS) is 19.9. The number of anilines is 1. The molecule has 36 heavy (non-hydrogen) atoms. The van der Waals surface area contributed by atoms with E-state index in [1.54, 1.807) is 6.20 Å². The van der Waals surface area contributed by atoms with Gasteiger partial charge in [0.15, 0.2) is 5.82 Å². The number of rotatable bonds is 4. The Balaban J connectivity index is 1.53. The van der Waals surface area contributed by atoms with E-state index in [0.29, 0.717) is 34.4 Å². The van der Waals surface area contributed by atoms with Crippen LogP contribution in [0.25, 0.3) is 32.9 Å². The highest BCUT2D eigenvalue weighted by Gasteiger charge is 2.35. The standard InChI is InChI=1S/C29H30ClFN4O/c1-29(2,3)16-36-28-33-26-21(27(34-28)35-14-17-10-11-18(12-17)15-35)13-32-25(24(26)31)20-8-4-6-19-7-5-9-22(30)23(19)20/h4-9,13,17-18H,10-12,14-16H2,1-3H3. The molecule has 2 unspecified atom stereocenters. The van der Waals surface area contributed by atoms with Crippen molar-refractivity contribution in [2.75, 3.05) is 24.6 Å². The minimum Gasteiger partial charge on any atom is -0.463 e. The van der Waals surface area contributed by atoms with E-state index in [-0.39, 0.29) is 22.6 Å². The molecule has 0 radical (unpaired) electrons. The van der Waals surface area contributed by atoms with Crippen molar-refractivity contribution in [2.45, 2.75) is 40.0 Å². The number of halogens is 2. The molecule has 2 atom stereocenters. The van der Waals surface area contributed by atoms with E-state index >= 15 is 4.39 Å². The number of piperidine rings is 1. The Bertz CT molecular complexity index is 1450. The molecule has 2 bridgehead atoms. The van der Waals surface area contributed by atoms with Crippen LogP contribution in [0.3, 0.4) is 0 Å². The molecular weight excluding hydrogens is 475 g/mol. The minimum absolute atomic E-state index is 0.0790. The summed E-state index contributed by atoms with van der Waals surface area (Å²) >= 11 is 6.55. The lowest BCUT2D eigenvalue weighted by atomic mass is 9.98. The van der Waals surface area contributed by atoms with Gasteiger partial charge < -0.3 is 9.64 Å². The van der Waals surface area contributed by atoms with Gasteiger partial charge in [-0.25, -0.2) is 4.39 Å². The molecule has 1 aliphatic carbocycles. The SMILES string of the molecule is CC(C)(C)COc1nc(N2CC3CCC(C3)C2)c2cnc(-c3cccc4cccc(Cl)c34)c(F)c2n1. The van der Waals surface area contributed by atoms with Crippen molar-refractivity contribution in [1.82, 2.24) is 15.0 Å². The number of hydrogen-bond acceptors (Lipinski definition) is 5. The summed E-state index contributed by atoms with van der Waals surface area (Å²) in [5.41, 5.74) is 1.03. The van der Waals surface area contributed by atoms with Crippen LogP contribution in [0.15, 0.2) is 42.6 Å². The molecule has 0 spiro atoms. The Kier molecular flexibility index (Phi) is 5.75. The smallest absolute Gasteiger partial charge is 0.319 e. The molecule has 2 aliphatic rings. The molecule has 5 nitrogen and oxygen atoms in total. The molecule has 2 aromatic heterocycles. The maximum absolute atomic E-state index is 16.3. The van der Waals surface area contributed by atoms with Gasteiger partial charge in [-0.3, -0.25) is 4.98 Å². The summed E-state index contributed by atoms with van der Waals surface area (Å²) < 4.78 is 22.3. The van der Waals surface area contributed by atoms with Crippen molar-refractivity contribution in [3.05, 3.63) is 53.4 Å². The molecule has 2 aromatic carbocycles. The second-order valence-electron chi connectivity index (χ2n) is 11.5. The topological polar surface area (TPSA) is 51.1 Å². The molecular formula is C29H30ClFN4O. The predicted octanol–water partition coefficient (Wildman–Crippen LogP) is 7.30. The Hall–Kier alpha value is -2.99. The van der Waals surface area contributed by atoms with Gasteiger partial charge in [-0.15, -0.1) is 0 Å². The molecule has 1 saturated heterocycles. The van der Waals surface area contributed by atoms with Crippen molar-refractivity contribution in [3.63, 3.8) is 0 Å². The first kappa shape index (κ1) is 23.4. The van der Waals surface area contributed by atoms with Crippen molar-refractivity contribution in [3.8, 4) is 17.3 Å². The molecule has 0 amide bonds. The lowest BCUT2D eigenvalue weighted by molar-refractivity contribution is 0.185. The Labute approximate surface area is 215 Å². The number of fused-ring (bicyclic) bond motifs is 4. The lowest BCUT2D eigenvalue weighted by Crippen LogP contribution is -2.37. The second kappa shape index (κ2) is 8.84. The summed E-state index contributed by atoms with van der Waals surface area (Å²) in [6.07, 6.45) is 5.47. The molecule has 2 fully saturated rings. The van der Waals surface area contributed by atoms with Crippen LogP contribution in [0.1, 0.15) is 40.0 Å². The van der Waals surface area contributed by atoms with E-state index in [4.69, 9.17) is 21.3 Å². The number of benzene rings is 2. The van der Waals surface area contributed by atoms with Gasteiger partial charge in [0, 0.05) is 35.3 Å². The molecule has 0 N–H and O–H groups in total. The number of pyridine rings is 1. The van der Waals surface area contributed by atoms with Gasteiger partial charge in [0.1, 0.15) is 17.0 Å². The van der Waals surface area contributed by atoms with Gasteiger partial charge in [0.2, 0.25) is 0 Å². The first-order chi connectivity index (χ1) is 17.3. The highest BCUT2D eigenvalue weighted by molar-refractivity contribution is 6.36. The second-order valence-corrected chi connectivity index (χ2v) is 11.9. The summed E-state index contributed by atoms with van der Waals surface area (Å²) in [5.74, 6) is 1.55. The molecule has 7 heteroatoms. The number of ether oxygens (including phenoxy) is 1.